The summed E-state index contributed by atoms with van der Waals surface area (Å²) in [4.78, 5) is 26.2. The third-order valence-corrected chi connectivity index (χ3v) is 5.14. The zero-order chi connectivity index (χ0) is 22.3. The monoisotopic (exact) mass is 427 g/mol. The molecule has 1 unspecified atom stereocenters. The molecule has 3 rings (SSSR count). The molecule has 1 aliphatic heterocycles. The molecular formula is C23H33N5O3. The number of likely N-dealkylation sites (tertiary alicyclic amines) is 1. The average molecular weight is 428 g/mol. The van der Waals surface area contributed by atoms with Gasteiger partial charge >= 0.3 is 12.1 Å². The van der Waals surface area contributed by atoms with Crippen molar-refractivity contribution in [2.24, 2.45) is 5.92 Å². The average Bonchev–Trinajstić information content (AvgIpc) is 3.26. The Bertz CT molecular complexity index is 860. The largest absolute Gasteiger partial charge is 0.444 e. The second-order valence-electron chi connectivity index (χ2n) is 8.95. The number of hydrogen-bond acceptors (Lipinski definition) is 4. The van der Waals surface area contributed by atoms with Crippen LogP contribution < -0.4 is 10.6 Å². The van der Waals surface area contributed by atoms with Gasteiger partial charge in [-0.05, 0) is 69.7 Å². The van der Waals surface area contributed by atoms with Crippen LogP contribution >= 0.6 is 0 Å². The molecule has 2 N–H and O–H groups in total. The quantitative estimate of drug-likeness (QED) is 0.736. The standard InChI is InChI=1S/C23H33N5O3/c1-23(2,3)31-22(30)27-13-5-8-18(17-27)10-12-24-21(29)25-16-19-7-4-9-20(15-19)28-14-6-11-26-28/h4,6-7,9,11,14-15,18H,5,8,10,12-13,16-17H2,1-3H3,(H2,24,25,29). The highest BCUT2D eigenvalue weighted by Gasteiger charge is 2.27. The van der Waals surface area contributed by atoms with Gasteiger partial charge in [-0.2, -0.15) is 5.10 Å². The number of nitrogens with zero attached hydrogens (tertiary/aromatic N) is 3. The van der Waals surface area contributed by atoms with Crippen molar-refractivity contribution in [2.45, 2.75) is 52.2 Å². The van der Waals surface area contributed by atoms with Crippen LogP contribution in [0.25, 0.3) is 5.69 Å². The summed E-state index contributed by atoms with van der Waals surface area (Å²) in [5.41, 5.74) is 1.47. The SMILES string of the molecule is CC(C)(C)OC(=O)N1CCCC(CCNC(=O)NCc2cccc(-n3cccn3)c2)C1. The molecule has 31 heavy (non-hydrogen) atoms. The summed E-state index contributed by atoms with van der Waals surface area (Å²) in [5, 5.41) is 10.0. The van der Waals surface area contributed by atoms with Gasteiger partial charge in [0, 0.05) is 38.6 Å². The number of benzene rings is 1. The lowest BCUT2D eigenvalue weighted by molar-refractivity contribution is 0.0162. The minimum Gasteiger partial charge on any atom is -0.444 e. The molecular weight excluding hydrogens is 394 g/mol. The maximum atomic E-state index is 12.3. The van der Waals surface area contributed by atoms with Gasteiger partial charge in [0.1, 0.15) is 5.60 Å². The van der Waals surface area contributed by atoms with Crippen molar-refractivity contribution in [2.75, 3.05) is 19.6 Å². The zero-order valence-electron chi connectivity index (χ0n) is 18.6. The van der Waals surface area contributed by atoms with Crippen molar-refractivity contribution in [3.63, 3.8) is 0 Å². The van der Waals surface area contributed by atoms with Crippen molar-refractivity contribution in [1.82, 2.24) is 25.3 Å². The number of hydrogen-bond donors (Lipinski definition) is 2. The number of amides is 3. The zero-order valence-corrected chi connectivity index (χ0v) is 18.6. The number of carbonyl (C=O) groups excluding carboxylic acids is 2. The fraction of sp³-hybridized carbons (Fsp3) is 0.522. The maximum absolute atomic E-state index is 12.3. The van der Waals surface area contributed by atoms with Gasteiger partial charge in [0.2, 0.25) is 0 Å². The molecule has 168 valence electrons. The minimum absolute atomic E-state index is 0.190. The lowest BCUT2D eigenvalue weighted by atomic mass is 9.95. The van der Waals surface area contributed by atoms with Crippen LogP contribution in [0.1, 0.15) is 45.6 Å². The molecule has 1 fully saturated rings. The number of urea groups is 1. The van der Waals surface area contributed by atoms with E-state index in [4.69, 9.17) is 4.74 Å². The fourth-order valence-corrected chi connectivity index (χ4v) is 3.66. The van der Waals surface area contributed by atoms with Gasteiger partial charge in [-0.25, -0.2) is 14.3 Å². The molecule has 1 aromatic carbocycles. The van der Waals surface area contributed by atoms with Gasteiger partial charge < -0.3 is 20.3 Å². The van der Waals surface area contributed by atoms with E-state index in [1.165, 1.54) is 0 Å². The first kappa shape index (κ1) is 22.7. The molecule has 3 amide bonds. The highest BCUT2D eigenvalue weighted by atomic mass is 16.6. The third-order valence-electron chi connectivity index (χ3n) is 5.14. The van der Waals surface area contributed by atoms with Crippen molar-refractivity contribution < 1.29 is 14.3 Å². The van der Waals surface area contributed by atoms with Crippen molar-refractivity contribution in [1.29, 1.82) is 0 Å². The lowest BCUT2D eigenvalue weighted by Gasteiger charge is -2.34. The summed E-state index contributed by atoms with van der Waals surface area (Å²) in [6, 6.07) is 9.58. The number of piperidine rings is 1. The predicted molar refractivity (Wildman–Crippen MR) is 119 cm³/mol. The number of nitrogens with one attached hydrogen (secondary N) is 2. The van der Waals surface area contributed by atoms with E-state index in [2.05, 4.69) is 15.7 Å². The van der Waals surface area contributed by atoms with Crippen LogP contribution in [0, 0.1) is 5.92 Å². The normalized spacial score (nSPS) is 16.6. The fourth-order valence-electron chi connectivity index (χ4n) is 3.66. The second kappa shape index (κ2) is 10.3. The predicted octanol–water partition coefficient (Wildman–Crippen LogP) is 3.71. The van der Waals surface area contributed by atoms with Gasteiger partial charge in [0.15, 0.2) is 0 Å². The van der Waals surface area contributed by atoms with Crippen LogP contribution in [0.5, 0.6) is 0 Å². The molecule has 1 atom stereocenters. The molecule has 8 heteroatoms. The molecule has 1 aromatic heterocycles. The second-order valence-corrected chi connectivity index (χ2v) is 8.95. The first-order valence-electron chi connectivity index (χ1n) is 10.9. The molecule has 1 aliphatic rings. The molecule has 2 heterocycles. The number of ether oxygens (including phenoxy) is 1. The minimum atomic E-state index is -0.485. The Morgan fingerprint density at radius 1 is 1.23 bits per heavy atom. The van der Waals surface area contributed by atoms with E-state index in [9.17, 15) is 9.59 Å². The van der Waals surface area contributed by atoms with E-state index in [1.54, 1.807) is 15.8 Å². The smallest absolute Gasteiger partial charge is 0.410 e. The molecule has 8 nitrogen and oxygen atoms in total. The van der Waals surface area contributed by atoms with E-state index < -0.39 is 5.60 Å². The van der Waals surface area contributed by atoms with Crippen molar-refractivity contribution >= 4 is 12.1 Å². The Hall–Kier alpha value is -3.03. The van der Waals surface area contributed by atoms with Crippen molar-refractivity contribution in [3.05, 3.63) is 48.3 Å². The van der Waals surface area contributed by atoms with Crippen LogP contribution in [0.4, 0.5) is 9.59 Å². The topological polar surface area (TPSA) is 88.5 Å². The Labute approximate surface area is 183 Å². The van der Waals surface area contributed by atoms with Crippen molar-refractivity contribution in [3.8, 4) is 5.69 Å². The molecule has 2 aromatic rings. The first-order valence-corrected chi connectivity index (χ1v) is 10.9. The summed E-state index contributed by atoms with van der Waals surface area (Å²) >= 11 is 0. The van der Waals surface area contributed by atoms with E-state index in [1.807, 2.05) is 57.3 Å². The summed E-state index contributed by atoms with van der Waals surface area (Å²) in [6.45, 7) is 8.06. The van der Waals surface area contributed by atoms with Crippen LogP contribution in [-0.2, 0) is 11.3 Å². The number of rotatable bonds is 6. The highest BCUT2D eigenvalue weighted by molar-refractivity contribution is 5.73. The Morgan fingerprint density at radius 3 is 2.81 bits per heavy atom. The van der Waals surface area contributed by atoms with Gasteiger partial charge in [-0.1, -0.05) is 12.1 Å². The van der Waals surface area contributed by atoms with Gasteiger partial charge in [-0.15, -0.1) is 0 Å². The Kier molecular flexibility index (Phi) is 7.55. The van der Waals surface area contributed by atoms with E-state index in [0.717, 1.165) is 37.1 Å². The van der Waals surface area contributed by atoms with Gasteiger partial charge in [0.05, 0.1) is 5.69 Å². The molecule has 0 aliphatic carbocycles. The third kappa shape index (κ3) is 7.31. The molecule has 0 bridgehead atoms. The summed E-state index contributed by atoms with van der Waals surface area (Å²) in [6.07, 6.45) is 6.22. The van der Waals surface area contributed by atoms with Crippen LogP contribution in [0.15, 0.2) is 42.7 Å². The summed E-state index contributed by atoms with van der Waals surface area (Å²) in [7, 11) is 0. The summed E-state index contributed by atoms with van der Waals surface area (Å²) in [5.74, 6) is 0.368. The Balaban J connectivity index is 1.37. The molecule has 0 saturated carbocycles. The lowest BCUT2D eigenvalue weighted by Crippen LogP contribution is -2.44. The number of aromatic nitrogens is 2. The van der Waals surface area contributed by atoms with Gasteiger partial charge in [-0.3, -0.25) is 0 Å². The van der Waals surface area contributed by atoms with Crippen LogP contribution in [-0.4, -0.2) is 52.0 Å². The van der Waals surface area contributed by atoms with Gasteiger partial charge in [0.25, 0.3) is 0 Å². The maximum Gasteiger partial charge on any atom is 0.410 e. The van der Waals surface area contributed by atoms with Crippen LogP contribution in [0.3, 0.4) is 0 Å². The van der Waals surface area contributed by atoms with E-state index >= 15 is 0 Å². The Morgan fingerprint density at radius 2 is 2.06 bits per heavy atom. The summed E-state index contributed by atoms with van der Waals surface area (Å²) < 4.78 is 7.26. The number of carbonyl (C=O) groups is 2. The van der Waals surface area contributed by atoms with Crippen LogP contribution in [0.2, 0.25) is 0 Å². The molecule has 0 spiro atoms. The first-order chi connectivity index (χ1) is 14.8. The van der Waals surface area contributed by atoms with E-state index in [-0.39, 0.29) is 12.1 Å². The highest BCUT2D eigenvalue weighted by Crippen LogP contribution is 2.21. The van der Waals surface area contributed by atoms with E-state index in [0.29, 0.717) is 25.6 Å². The molecule has 1 saturated heterocycles. The molecule has 0 radical (unpaired) electrons.